The number of carbonyl (C=O) groups excluding carboxylic acids is 1. The topological polar surface area (TPSA) is 70.5 Å². The lowest BCUT2D eigenvalue weighted by atomic mass is 9.92. The maximum absolute atomic E-state index is 11.9. The minimum Gasteiger partial charge on any atom is -0.481 e. The third-order valence-corrected chi connectivity index (χ3v) is 4.66. The second kappa shape index (κ2) is 5.11. The van der Waals surface area contributed by atoms with E-state index in [1.54, 1.807) is 13.2 Å². The normalized spacial score (nSPS) is 22.0. The van der Waals surface area contributed by atoms with E-state index in [0.29, 0.717) is 0 Å². The number of hydrogen-bond acceptors (Lipinski definition) is 3. The molecule has 0 radical (unpaired) electrons. The molecule has 1 aromatic carbocycles. The molecule has 2 aromatic rings. The van der Waals surface area contributed by atoms with E-state index >= 15 is 0 Å². The van der Waals surface area contributed by atoms with E-state index in [1.165, 1.54) is 4.90 Å². The molecule has 1 fully saturated rings. The summed E-state index contributed by atoms with van der Waals surface area (Å²) >= 11 is 3.47. The van der Waals surface area contributed by atoms with Crippen molar-refractivity contribution in [1.82, 2.24) is 9.88 Å². The van der Waals surface area contributed by atoms with Gasteiger partial charge < -0.3 is 10.0 Å². The molecule has 5 nitrogen and oxygen atoms in total. The molecule has 2 heterocycles. The van der Waals surface area contributed by atoms with Crippen molar-refractivity contribution in [1.29, 1.82) is 0 Å². The zero-order valence-electron chi connectivity index (χ0n) is 11.3. The van der Waals surface area contributed by atoms with Crippen LogP contribution < -0.4 is 0 Å². The smallest absolute Gasteiger partial charge is 0.309 e. The number of likely N-dealkylation sites (tertiary alicyclic amines) is 1. The maximum Gasteiger partial charge on any atom is 0.309 e. The number of carbonyl (C=O) groups is 2. The lowest BCUT2D eigenvalue weighted by molar-refractivity contribution is -0.142. The number of halogens is 1. The summed E-state index contributed by atoms with van der Waals surface area (Å²) in [5.74, 6) is -1.85. The number of carboxylic acid groups (broad SMARTS) is 1. The number of benzene rings is 1. The van der Waals surface area contributed by atoms with Gasteiger partial charge in [0, 0.05) is 35.1 Å². The van der Waals surface area contributed by atoms with Crippen LogP contribution in [-0.4, -0.2) is 33.9 Å². The van der Waals surface area contributed by atoms with Crippen molar-refractivity contribution >= 4 is 38.7 Å². The molecule has 0 spiro atoms. The van der Waals surface area contributed by atoms with Gasteiger partial charge in [-0.2, -0.15) is 0 Å². The first kappa shape index (κ1) is 14.0. The minimum absolute atomic E-state index is 0.0287. The molecule has 0 bridgehead atoms. The van der Waals surface area contributed by atoms with Crippen molar-refractivity contribution in [2.24, 2.45) is 5.92 Å². The number of aromatic nitrogens is 1. The Morgan fingerprint density at radius 3 is 2.90 bits per heavy atom. The lowest BCUT2D eigenvalue weighted by Crippen LogP contribution is -2.27. The standard InChI is InChI=1S/C15H13BrN2O3/c1-18-12(19)7-10(15(20)21)14(18)9-4-5-11(16)8-3-2-6-17-13(8)9/h2-6,10,14H,7H2,1H3,(H,20,21). The summed E-state index contributed by atoms with van der Waals surface area (Å²) in [6.45, 7) is 0. The molecule has 108 valence electrons. The fourth-order valence-corrected chi connectivity index (χ4v) is 3.37. The van der Waals surface area contributed by atoms with Crippen LogP contribution in [-0.2, 0) is 9.59 Å². The molecule has 2 unspecified atom stereocenters. The molecular weight excluding hydrogens is 336 g/mol. The fraction of sp³-hybridized carbons (Fsp3) is 0.267. The van der Waals surface area contributed by atoms with Gasteiger partial charge in [0.15, 0.2) is 0 Å². The average Bonchev–Trinajstić information content (AvgIpc) is 2.76. The number of pyridine rings is 1. The van der Waals surface area contributed by atoms with E-state index in [2.05, 4.69) is 20.9 Å². The average molecular weight is 349 g/mol. The van der Waals surface area contributed by atoms with Gasteiger partial charge in [0.05, 0.1) is 17.5 Å². The van der Waals surface area contributed by atoms with Crippen LogP contribution in [0.1, 0.15) is 18.0 Å². The Morgan fingerprint density at radius 1 is 1.43 bits per heavy atom. The van der Waals surface area contributed by atoms with Crippen molar-refractivity contribution in [3.8, 4) is 0 Å². The third-order valence-electron chi connectivity index (χ3n) is 3.97. The van der Waals surface area contributed by atoms with Gasteiger partial charge in [0.1, 0.15) is 0 Å². The van der Waals surface area contributed by atoms with Crippen molar-refractivity contribution in [2.75, 3.05) is 7.05 Å². The number of amides is 1. The number of fused-ring (bicyclic) bond motifs is 1. The summed E-state index contributed by atoms with van der Waals surface area (Å²) in [5.41, 5.74) is 1.50. The Bertz CT molecular complexity index is 747. The molecule has 1 aliphatic rings. The van der Waals surface area contributed by atoms with Crippen molar-refractivity contribution in [2.45, 2.75) is 12.5 Å². The maximum atomic E-state index is 11.9. The van der Waals surface area contributed by atoms with Crippen LogP contribution in [0.15, 0.2) is 34.9 Å². The zero-order valence-corrected chi connectivity index (χ0v) is 12.9. The molecular formula is C15H13BrN2O3. The zero-order chi connectivity index (χ0) is 15.1. The minimum atomic E-state index is -0.954. The Morgan fingerprint density at radius 2 is 2.19 bits per heavy atom. The number of carboxylic acids is 1. The summed E-state index contributed by atoms with van der Waals surface area (Å²) < 4.78 is 0.896. The highest BCUT2D eigenvalue weighted by Crippen LogP contribution is 2.40. The van der Waals surface area contributed by atoms with E-state index in [1.807, 2.05) is 24.3 Å². The Hall–Kier alpha value is -1.95. The quantitative estimate of drug-likeness (QED) is 0.905. The molecule has 1 aromatic heterocycles. The highest BCUT2D eigenvalue weighted by molar-refractivity contribution is 9.10. The largest absolute Gasteiger partial charge is 0.481 e. The first-order chi connectivity index (χ1) is 10.0. The van der Waals surface area contributed by atoms with Gasteiger partial charge in [-0.05, 0) is 12.1 Å². The van der Waals surface area contributed by atoms with Crippen LogP contribution in [0, 0.1) is 5.92 Å². The van der Waals surface area contributed by atoms with Crippen LogP contribution in [0.5, 0.6) is 0 Å². The second-order valence-corrected chi connectivity index (χ2v) is 5.99. The van der Waals surface area contributed by atoms with Gasteiger partial charge in [-0.1, -0.05) is 28.1 Å². The first-order valence-corrected chi connectivity index (χ1v) is 7.31. The van der Waals surface area contributed by atoms with Crippen molar-refractivity contribution in [3.63, 3.8) is 0 Å². The van der Waals surface area contributed by atoms with Crippen LogP contribution in [0.4, 0.5) is 0 Å². The van der Waals surface area contributed by atoms with Crippen molar-refractivity contribution < 1.29 is 14.7 Å². The van der Waals surface area contributed by atoms with Gasteiger partial charge in [-0.25, -0.2) is 0 Å². The summed E-state index contributed by atoms with van der Waals surface area (Å²) in [7, 11) is 1.65. The molecule has 3 rings (SSSR count). The number of rotatable bonds is 2. The predicted molar refractivity (Wildman–Crippen MR) is 80.7 cm³/mol. The van der Waals surface area contributed by atoms with Crippen molar-refractivity contribution in [3.05, 3.63) is 40.5 Å². The van der Waals surface area contributed by atoms with Crippen LogP contribution >= 0.6 is 15.9 Å². The summed E-state index contributed by atoms with van der Waals surface area (Å²) in [4.78, 5) is 29.3. The predicted octanol–water partition coefficient (Wildman–Crippen LogP) is 2.60. The molecule has 1 saturated heterocycles. The molecule has 21 heavy (non-hydrogen) atoms. The van der Waals surface area contributed by atoms with Gasteiger partial charge >= 0.3 is 5.97 Å². The number of aliphatic carboxylic acids is 1. The second-order valence-electron chi connectivity index (χ2n) is 5.13. The van der Waals surface area contributed by atoms with Gasteiger partial charge in [-0.15, -0.1) is 0 Å². The molecule has 6 heteroatoms. The van der Waals surface area contributed by atoms with E-state index in [4.69, 9.17) is 0 Å². The van der Waals surface area contributed by atoms with E-state index in [9.17, 15) is 14.7 Å². The van der Waals surface area contributed by atoms with Gasteiger partial charge in [0.25, 0.3) is 0 Å². The Balaban J connectivity index is 2.21. The Labute approximate surface area is 129 Å². The molecule has 1 N–H and O–H groups in total. The highest BCUT2D eigenvalue weighted by atomic mass is 79.9. The fourth-order valence-electron chi connectivity index (χ4n) is 2.91. The van der Waals surface area contributed by atoms with E-state index in [-0.39, 0.29) is 12.3 Å². The monoisotopic (exact) mass is 348 g/mol. The first-order valence-electron chi connectivity index (χ1n) is 6.52. The molecule has 1 aliphatic heterocycles. The number of nitrogens with zero attached hydrogens (tertiary/aromatic N) is 2. The van der Waals surface area contributed by atoms with Gasteiger partial charge in [-0.3, -0.25) is 14.6 Å². The molecule has 2 atom stereocenters. The lowest BCUT2D eigenvalue weighted by Gasteiger charge is -2.24. The third kappa shape index (κ3) is 2.19. The summed E-state index contributed by atoms with van der Waals surface area (Å²) in [5, 5.41) is 10.3. The Kier molecular flexibility index (Phi) is 3.41. The van der Waals surface area contributed by atoms with E-state index in [0.717, 1.165) is 20.9 Å². The number of hydrogen-bond donors (Lipinski definition) is 1. The SMILES string of the molecule is CN1C(=O)CC(C(=O)O)C1c1ccc(Br)c2cccnc12. The summed E-state index contributed by atoms with van der Waals surface area (Å²) in [6, 6.07) is 6.97. The molecule has 0 saturated carbocycles. The van der Waals surface area contributed by atoms with Crippen LogP contribution in [0.25, 0.3) is 10.9 Å². The van der Waals surface area contributed by atoms with Crippen LogP contribution in [0.3, 0.4) is 0 Å². The molecule has 1 amide bonds. The molecule has 0 aliphatic carbocycles. The van der Waals surface area contributed by atoms with Crippen LogP contribution in [0.2, 0.25) is 0 Å². The van der Waals surface area contributed by atoms with E-state index < -0.39 is 17.9 Å². The highest BCUT2D eigenvalue weighted by Gasteiger charge is 2.43. The summed E-state index contributed by atoms with van der Waals surface area (Å²) in [6.07, 6.45) is 1.70. The van der Waals surface area contributed by atoms with Gasteiger partial charge in [0.2, 0.25) is 5.91 Å².